The molecule has 0 saturated carbocycles. The van der Waals surface area contributed by atoms with Gasteiger partial charge in [0.15, 0.2) is 0 Å². The van der Waals surface area contributed by atoms with Crippen LogP contribution in [0.4, 0.5) is 0 Å². The molecule has 0 spiro atoms. The molecule has 0 aliphatic rings. The Balaban J connectivity index is -0.0000000133. The van der Waals surface area contributed by atoms with E-state index in [1.165, 1.54) is 0 Å². The molecule has 40 valence electrons. The molecule has 0 aromatic heterocycles. The minimum Gasteiger partial charge on any atom is -0.870 e. The molecule has 0 aromatic rings. The zero-order valence-corrected chi connectivity index (χ0v) is 13.1. The van der Waals surface area contributed by atoms with Gasteiger partial charge in [0.2, 0.25) is 0 Å². The Bertz CT molecular complexity index is 97.0. The molecule has 0 rings (SSSR count). The summed E-state index contributed by atoms with van der Waals surface area (Å²) in [6, 6.07) is 0. The van der Waals surface area contributed by atoms with Gasteiger partial charge in [-0.2, -0.15) is 0 Å². The summed E-state index contributed by atoms with van der Waals surface area (Å²) < 4.78 is 26.7. The van der Waals surface area contributed by atoms with E-state index in [4.69, 9.17) is 13.3 Å². The Hall–Kier alpha value is 3.25. The van der Waals surface area contributed by atoms with Crippen molar-refractivity contribution in [3.05, 3.63) is 0 Å². The molecule has 1 N–H and O–H groups in total. The summed E-state index contributed by atoms with van der Waals surface area (Å²) in [6.07, 6.45) is 0. The zero-order chi connectivity index (χ0) is 4.50. The van der Waals surface area contributed by atoms with Gasteiger partial charge < -0.3 is 14.6 Å². The van der Waals surface area contributed by atoms with Crippen LogP contribution in [0.5, 0.6) is 0 Å². The molecule has 0 fully saturated rings. The van der Waals surface area contributed by atoms with Crippen LogP contribution in [0, 0.1) is 0 Å². The number of hydrogen-bond acceptors (Lipinski definition) is 5. The van der Waals surface area contributed by atoms with Gasteiger partial charge in [0.25, 0.3) is 0 Å². The average molecular weight is 198 g/mol. The molecule has 0 radical (unpaired) electrons. The van der Waals surface area contributed by atoms with Crippen LogP contribution in [-0.2, 0) is 20.2 Å². The first-order valence-electron chi connectivity index (χ1n) is 0.667. The molecule has 9 heavy (non-hydrogen) atoms. The first-order valence-corrected chi connectivity index (χ1v) is 3.00. The molecule has 0 saturated heterocycles. The molecule has 0 aliphatic carbocycles. The fourth-order valence-electron chi connectivity index (χ4n) is 0. The second kappa shape index (κ2) is 13.8. The monoisotopic (exact) mass is 198 g/mol. The summed E-state index contributed by atoms with van der Waals surface area (Å²) in [7, 11) is -4.33. The first kappa shape index (κ1) is 29.5. The maximum atomic E-state index is 8.89. The van der Waals surface area contributed by atoms with Crippen molar-refractivity contribution in [2.45, 2.75) is 0 Å². The Morgan fingerprint density at radius 1 is 1.11 bits per heavy atom. The fraction of sp³-hybridized carbons (Fsp3) is 0. The van der Waals surface area contributed by atoms with Gasteiger partial charge in [-0.25, -0.2) is 0 Å². The van der Waals surface area contributed by atoms with E-state index in [-0.39, 0.29) is 94.1 Å². The molecular weight excluding hydrogens is 197 g/mol. The maximum Gasteiger partial charge on any atom is 1.00 e. The van der Waals surface area contributed by atoms with Crippen LogP contribution < -0.4 is 88.7 Å². The van der Waals surface area contributed by atoms with Crippen molar-refractivity contribution in [3.8, 4) is 0 Å². The Kier molecular flexibility index (Phi) is 45.3. The van der Waals surface area contributed by atoms with Gasteiger partial charge in [-0.05, 0) is 11.2 Å². The molecule has 0 atom stereocenters. The van der Waals surface area contributed by atoms with Crippen LogP contribution in [-0.4, -0.2) is 18.8 Å². The van der Waals surface area contributed by atoms with E-state index in [1.807, 2.05) is 0 Å². The Morgan fingerprint density at radius 3 is 1.11 bits per heavy atom. The van der Waals surface area contributed by atoms with Crippen LogP contribution in [0.2, 0.25) is 0 Å². The third-order valence-corrected chi connectivity index (χ3v) is 0. The molecule has 0 aromatic carbocycles. The van der Waals surface area contributed by atoms with E-state index in [0.717, 1.165) is 0 Å². The SMILES string of the molecule is O=S([O-])([O-])=S.[Na+].[Na+].[Na+].[OH-]. The van der Waals surface area contributed by atoms with Gasteiger partial charge in [-0.3, -0.25) is 4.21 Å². The molecule has 9 heteroatoms. The van der Waals surface area contributed by atoms with E-state index in [9.17, 15) is 0 Å². The Labute approximate surface area is 125 Å². The summed E-state index contributed by atoms with van der Waals surface area (Å²) in [5.41, 5.74) is 0. The third kappa shape index (κ3) is 91.1. The van der Waals surface area contributed by atoms with Gasteiger partial charge in [0.05, 0.1) is 0 Å². The minimum absolute atomic E-state index is 0. The van der Waals surface area contributed by atoms with E-state index >= 15 is 0 Å². The van der Waals surface area contributed by atoms with E-state index < -0.39 is 9.05 Å². The zero-order valence-electron chi connectivity index (χ0n) is 5.49. The first-order chi connectivity index (χ1) is 2.00. The quantitative estimate of drug-likeness (QED) is 0.360. The topological polar surface area (TPSA) is 93.2 Å². The van der Waals surface area contributed by atoms with E-state index in [1.54, 1.807) is 0 Å². The summed E-state index contributed by atoms with van der Waals surface area (Å²) in [5, 5.41) is 0. The third-order valence-electron chi connectivity index (χ3n) is 0. The molecule has 0 bridgehead atoms. The van der Waals surface area contributed by atoms with Crippen molar-refractivity contribution in [2.24, 2.45) is 0 Å². The minimum atomic E-state index is -4.33. The predicted octanol–water partition coefficient (Wildman–Crippen LogP) is -10.2. The largest absolute Gasteiger partial charge is 1.00 e. The van der Waals surface area contributed by atoms with Crippen LogP contribution in [0.15, 0.2) is 0 Å². The van der Waals surface area contributed by atoms with Crippen molar-refractivity contribution in [1.82, 2.24) is 0 Å². The predicted molar refractivity (Wildman–Crippen MR) is 19.0 cm³/mol. The van der Waals surface area contributed by atoms with Crippen molar-refractivity contribution in [3.63, 3.8) is 0 Å². The summed E-state index contributed by atoms with van der Waals surface area (Å²) in [4.78, 5) is 0. The van der Waals surface area contributed by atoms with Gasteiger partial charge in [-0.1, -0.05) is 0 Å². The van der Waals surface area contributed by atoms with E-state index in [0.29, 0.717) is 0 Å². The molecule has 0 heterocycles. The molecule has 0 amide bonds. The second-order valence-corrected chi connectivity index (χ2v) is 2.45. The van der Waals surface area contributed by atoms with Crippen LogP contribution in [0.25, 0.3) is 0 Å². The second-order valence-electron chi connectivity index (χ2n) is 0.408. The fourth-order valence-corrected chi connectivity index (χ4v) is 0. The normalized spacial score (nSPS) is 6.44. The van der Waals surface area contributed by atoms with Crippen LogP contribution in [0.3, 0.4) is 0 Å². The molecule has 0 unspecified atom stereocenters. The van der Waals surface area contributed by atoms with E-state index in [2.05, 4.69) is 11.2 Å². The Morgan fingerprint density at radius 2 is 1.11 bits per heavy atom. The van der Waals surface area contributed by atoms with Gasteiger partial charge in [0, 0.05) is 0 Å². The van der Waals surface area contributed by atoms with Gasteiger partial charge in [-0.15, -0.1) is 9.05 Å². The summed E-state index contributed by atoms with van der Waals surface area (Å²) in [5.74, 6) is 0. The van der Waals surface area contributed by atoms with Crippen molar-refractivity contribution >= 4 is 20.2 Å². The van der Waals surface area contributed by atoms with Crippen molar-refractivity contribution in [1.29, 1.82) is 0 Å². The standard InChI is InChI=1S/3Na.H2O3S2.H2O/c;;;1-5(2,3)4;/h;;;(H2,1,2,3,4);1H2/q3*+1;;/p-3. The van der Waals surface area contributed by atoms with Crippen molar-refractivity contribution in [2.75, 3.05) is 0 Å². The summed E-state index contributed by atoms with van der Waals surface area (Å²) in [6.45, 7) is 0. The van der Waals surface area contributed by atoms with Crippen LogP contribution in [0.1, 0.15) is 0 Å². The number of rotatable bonds is 0. The van der Waals surface area contributed by atoms with Gasteiger partial charge in [0.1, 0.15) is 0 Å². The average Bonchev–Trinajstić information content (AvgIpc) is 0.722. The maximum absolute atomic E-state index is 8.89. The number of hydrogen-bond donors (Lipinski definition) is 0. The molecule has 4 nitrogen and oxygen atoms in total. The van der Waals surface area contributed by atoms with Gasteiger partial charge >= 0.3 is 88.7 Å². The van der Waals surface area contributed by atoms with Crippen molar-refractivity contribution < 1.29 is 107 Å². The van der Waals surface area contributed by atoms with Crippen LogP contribution >= 0.6 is 0 Å². The molecule has 0 aliphatic heterocycles. The summed E-state index contributed by atoms with van der Waals surface area (Å²) >= 11 is 3.24. The smallest absolute Gasteiger partial charge is 0.870 e. The molecular formula is HNa3O4S2.